The summed E-state index contributed by atoms with van der Waals surface area (Å²) in [5, 5.41) is 3.98. The molecule has 0 aliphatic heterocycles. The van der Waals surface area contributed by atoms with Crippen LogP contribution in [-0.4, -0.2) is 19.6 Å². The van der Waals surface area contributed by atoms with Crippen LogP contribution in [0.1, 0.15) is 25.3 Å². The maximum Gasteiger partial charge on any atom is 0.350 e. The number of hydrogen-bond acceptors (Lipinski definition) is 3. The molecular formula is C8H10N4OS. The largest absolute Gasteiger partial charge is 0.350 e. The first kappa shape index (κ1) is 9.14. The van der Waals surface area contributed by atoms with Crippen LogP contribution in [0.5, 0.6) is 0 Å². The number of aromatic nitrogens is 4. The van der Waals surface area contributed by atoms with Gasteiger partial charge in [-0.2, -0.15) is 9.61 Å². The van der Waals surface area contributed by atoms with Crippen molar-refractivity contribution in [2.75, 3.05) is 0 Å². The summed E-state index contributed by atoms with van der Waals surface area (Å²) in [6.07, 6.45) is 1.68. The number of aromatic amines is 2. The lowest BCUT2D eigenvalue weighted by molar-refractivity contribution is 0.829. The van der Waals surface area contributed by atoms with Crippen molar-refractivity contribution in [2.24, 2.45) is 0 Å². The van der Waals surface area contributed by atoms with Crippen LogP contribution in [0.2, 0.25) is 0 Å². The lowest BCUT2D eigenvalue weighted by Gasteiger charge is -2.00. The summed E-state index contributed by atoms with van der Waals surface area (Å²) in [5.74, 6) is 0.306. The maximum atomic E-state index is 11.4. The minimum absolute atomic E-state index is 0.306. The molecule has 0 bridgehead atoms. The first-order valence-electron chi connectivity index (χ1n) is 4.30. The van der Waals surface area contributed by atoms with Crippen LogP contribution in [0.4, 0.5) is 0 Å². The minimum atomic E-state index is -0.310. The quantitative estimate of drug-likeness (QED) is 0.695. The van der Waals surface area contributed by atoms with E-state index in [0.29, 0.717) is 16.3 Å². The Morgan fingerprint density at radius 3 is 2.86 bits per heavy atom. The van der Waals surface area contributed by atoms with E-state index in [1.807, 2.05) is 13.8 Å². The van der Waals surface area contributed by atoms with Crippen LogP contribution in [0.15, 0.2) is 11.0 Å². The van der Waals surface area contributed by atoms with E-state index < -0.39 is 0 Å². The fraction of sp³-hybridized carbons (Fsp3) is 0.375. The van der Waals surface area contributed by atoms with Gasteiger partial charge in [0.25, 0.3) is 0 Å². The van der Waals surface area contributed by atoms with Crippen molar-refractivity contribution in [3.8, 4) is 0 Å². The van der Waals surface area contributed by atoms with Gasteiger partial charge < -0.3 is 4.98 Å². The van der Waals surface area contributed by atoms with Crippen molar-refractivity contribution >= 4 is 17.9 Å². The normalized spacial score (nSPS) is 11.4. The molecule has 0 amide bonds. The molecule has 2 rings (SSSR count). The predicted molar refractivity (Wildman–Crippen MR) is 55.1 cm³/mol. The molecule has 0 unspecified atom stereocenters. The summed E-state index contributed by atoms with van der Waals surface area (Å²) in [6, 6.07) is 0. The van der Waals surface area contributed by atoms with Gasteiger partial charge in [0.05, 0.1) is 6.20 Å². The second-order valence-electron chi connectivity index (χ2n) is 3.40. The van der Waals surface area contributed by atoms with E-state index in [9.17, 15) is 4.79 Å². The monoisotopic (exact) mass is 210 g/mol. The number of fused-ring (bicyclic) bond motifs is 1. The van der Waals surface area contributed by atoms with Crippen molar-refractivity contribution in [2.45, 2.75) is 19.8 Å². The predicted octanol–water partition coefficient (Wildman–Crippen LogP) is 1.20. The van der Waals surface area contributed by atoms with Crippen LogP contribution in [0.25, 0.3) is 5.65 Å². The van der Waals surface area contributed by atoms with Crippen molar-refractivity contribution in [3.63, 3.8) is 0 Å². The SMILES string of the molecule is CC(C)c1cnn2c(=O)[nH]c(=S)[nH]c12. The highest BCUT2D eigenvalue weighted by Gasteiger charge is 2.09. The van der Waals surface area contributed by atoms with E-state index in [1.54, 1.807) is 6.20 Å². The van der Waals surface area contributed by atoms with Gasteiger partial charge in [-0.15, -0.1) is 0 Å². The molecule has 0 atom stereocenters. The highest BCUT2D eigenvalue weighted by molar-refractivity contribution is 7.71. The number of rotatable bonds is 1. The molecule has 0 aromatic carbocycles. The molecule has 0 aliphatic carbocycles. The lowest BCUT2D eigenvalue weighted by Crippen LogP contribution is -2.18. The molecule has 0 fully saturated rings. The topological polar surface area (TPSA) is 66.0 Å². The summed E-state index contributed by atoms with van der Waals surface area (Å²) in [6.45, 7) is 4.07. The molecule has 0 saturated carbocycles. The van der Waals surface area contributed by atoms with Gasteiger partial charge in [0.2, 0.25) is 0 Å². The van der Waals surface area contributed by atoms with Gasteiger partial charge in [0.1, 0.15) is 5.65 Å². The molecule has 2 aromatic heterocycles. The molecule has 0 spiro atoms. The van der Waals surface area contributed by atoms with Gasteiger partial charge in [-0.05, 0) is 18.1 Å². The van der Waals surface area contributed by atoms with Crippen LogP contribution in [-0.2, 0) is 0 Å². The van der Waals surface area contributed by atoms with Crippen LogP contribution >= 0.6 is 12.2 Å². The van der Waals surface area contributed by atoms with E-state index in [2.05, 4.69) is 15.1 Å². The molecule has 0 saturated heterocycles. The fourth-order valence-electron chi connectivity index (χ4n) is 1.35. The number of hydrogen-bond donors (Lipinski definition) is 2. The van der Waals surface area contributed by atoms with E-state index in [4.69, 9.17) is 12.2 Å². The zero-order valence-corrected chi connectivity index (χ0v) is 8.68. The van der Waals surface area contributed by atoms with Crippen molar-refractivity contribution < 1.29 is 0 Å². The molecule has 74 valence electrons. The molecule has 2 N–H and O–H groups in total. The summed E-state index contributed by atoms with van der Waals surface area (Å²) < 4.78 is 1.61. The third-order valence-electron chi connectivity index (χ3n) is 2.06. The molecule has 6 heteroatoms. The third kappa shape index (κ3) is 1.27. The number of H-pyrrole nitrogens is 2. The smallest absolute Gasteiger partial charge is 0.317 e. The molecule has 14 heavy (non-hydrogen) atoms. The highest BCUT2D eigenvalue weighted by atomic mass is 32.1. The maximum absolute atomic E-state index is 11.4. The average molecular weight is 210 g/mol. The first-order valence-corrected chi connectivity index (χ1v) is 4.70. The summed E-state index contributed by atoms with van der Waals surface area (Å²) in [4.78, 5) is 16.8. The molecule has 5 nitrogen and oxygen atoms in total. The minimum Gasteiger partial charge on any atom is -0.317 e. The Morgan fingerprint density at radius 1 is 1.50 bits per heavy atom. The Balaban J connectivity index is 2.92. The van der Waals surface area contributed by atoms with E-state index >= 15 is 0 Å². The van der Waals surface area contributed by atoms with Crippen LogP contribution in [0, 0.1) is 4.77 Å². The Kier molecular flexibility index (Phi) is 1.99. The molecule has 0 radical (unpaired) electrons. The Morgan fingerprint density at radius 2 is 2.21 bits per heavy atom. The zero-order chi connectivity index (χ0) is 10.3. The standard InChI is InChI=1S/C8H10N4OS/c1-4(2)5-3-9-12-6(5)10-7(14)11-8(12)13/h3-4H,1-2H3,(H2,10,11,13,14). The second kappa shape index (κ2) is 3.06. The van der Waals surface area contributed by atoms with Gasteiger partial charge in [0.15, 0.2) is 4.77 Å². The van der Waals surface area contributed by atoms with Crippen molar-refractivity contribution in [1.29, 1.82) is 0 Å². The van der Waals surface area contributed by atoms with E-state index in [-0.39, 0.29) is 5.69 Å². The van der Waals surface area contributed by atoms with Gasteiger partial charge in [-0.1, -0.05) is 13.8 Å². The first-order chi connectivity index (χ1) is 6.59. The molecule has 2 heterocycles. The highest BCUT2D eigenvalue weighted by Crippen LogP contribution is 2.16. The molecule has 0 aliphatic rings. The third-order valence-corrected chi connectivity index (χ3v) is 2.27. The summed E-state index contributed by atoms with van der Waals surface area (Å²) in [5.41, 5.74) is 1.35. The van der Waals surface area contributed by atoms with E-state index in [1.165, 1.54) is 4.52 Å². The number of nitrogens with zero attached hydrogens (tertiary/aromatic N) is 2. The Hall–Kier alpha value is -1.43. The average Bonchev–Trinajstić information content (AvgIpc) is 2.47. The van der Waals surface area contributed by atoms with Gasteiger partial charge >= 0.3 is 5.69 Å². The lowest BCUT2D eigenvalue weighted by atomic mass is 10.1. The van der Waals surface area contributed by atoms with Gasteiger partial charge in [-0.3, -0.25) is 4.98 Å². The molecule has 2 aromatic rings. The fourth-order valence-corrected chi connectivity index (χ4v) is 1.54. The number of nitrogens with one attached hydrogen (secondary N) is 2. The van der Waals surface area contributed by atoms with Crippen LogP contribution < -0.4 is 5.69 Å². The summed E-state index contributed by atoms with van der Waals surface area (Å²) >= 11 is 4.89. The van der Waals surface area contributed by atoms with Gasteiger partial charge in [0, 0.05) is 5.56 Å². The molecular weight excluding hydrogens is 200 g/mol. The Bertz CT molecular complexity index is 577. The van der Waals surface area contributed by atoms with Gasteiger partial charge in [-0.25, -0.2) is 4.79 Å². The second-order valence-corrected chi connectivity index (χ2v) is 3.81. The Labute approximate surface area is 84.8 Å². The summed E-state index contributed by atoms with van der Waals surface area (Å²) in [7, 11) is 0. The van der Waals surface area contributed by atoms with Crippen molar-refractivity contribution in [1.82, 2.24) is 19.6 Å². The zero-order valence-electron chi connectivity index (χ0n) is 7.87. The van der Waals surface area contributed by atoms with Crippen LogP contribution in [0.3, 0.4) is 0 Å². The van der Waals surface area contributed by atoms with Crippen molar-refractivity contribution in [3.05, 3.63) is 27.0 Å². The van der Waals surface area contributed by atoms with E-state index in [0.717, 1.165) is 5.56 Å².